The molecule has 0 spiro atoms. The Morgan fingerprint density at radius 3 is 2.94 bits per heavy atom. The summed E-state index contributed by atoms with van der Waals surface area (Å²) in [6, 6.07) is 0. The van der Waals surface area contributed by atoms with Crippen molar-refractivity contribution in [1.82, 2.24) is 0 Å². The first-order valence-corrected chi connectivity index (χ1v) is 6.23. The summed E-state index contributed by atoms with van der Waals surface area (Å²) in [6.07, 6.45) is 10.2. The minimum Gasteiger partial charge on any atom is -0.392 e. The van der Waals surface area contributed by atoms with Crippen LogP contribution in [0.4, 0.5) is 0 Å². The van der Waals surface area contributed by atoms with Gasteiger partial charge in [-0.05, 0) is 51.9 Å². The van der Waals surface area contributed by atoms with Crippen molar-refractivity contribution >= 4 is 0 Å². The molecule has 0 aromatic heterocycles. The Morgan fingerprint density at radius 1 is 1.62 bits per heavy atom. The fourth-order valence-corrected chi connectivity index (χ4v) is 2.11. The van der Waals surface area contributed by atoms with E-state index in [2.05, 4.69) is 25.7 Å². The summed E-state index contributed by atoms with van der Waals surface area (Å²) in [5.74, 6) is 0.687. The van der Waals surface area contributed by atoms with Gasteiger partial charge in [-0.15, -0.1) is 0 Å². The van der Waals surface area contributed by atoms with Gasteiger partial charge in [0.2, 0.25) is 0 Å². The third-order valence-electron chi connectivity index (χ3n) is 3.42. The van der Waals surface area contributed by atoms with Crippen LogP contribution in [0, 0.1) is 5.92 Å². The summed E-state index contributed by atoms with van der Waals surface area (Å²) in [6.45, 7) is 8.57. The molecular weight excluding hydrogens is 196 g/mol. The first kappa shape index (κ1) is 13.2. The first-order chi connectivity index (χ1) is 7.63. The highest BCUT2D eigenvalue weighted by Crippen LogP contribution is 2.30. The predicted molar refractivity (Wildman–Crippen MR) is 70.3 cm³/mol. The van der Waals surface area contributed by atoms with E-state index >= 15 is 0 Å². The van der Waals surface area contributed by atoms with Crippen molar-refractivity contribution in [3.8, 4) is 0 Å². The molecule has 0 saturated carbocycles. The van der Waals surface area contributed by atoms with Crippen molar-refractivity contribution in [2.45, 2.75) is 46.0 Å². The van der Waals surface area contributed by atoms with Gasteiger partial charge in [0.15, 0.2) is 0 Å². The van der Waals surface area contributed by atoms with Crippen LogP contribution in [0.2, 0.25) is 0 Å². The second-order valence-electron chi connectivity index (χ2n) is 4.93. The summed E-state index contributed by atoms with van der Waals surface area (Å²) in [7, 11) is 0. The van der Waals surface area contributed by atoms with Gasteiger partial charge in [-0.1, -0.05) is 35.5 Å². The highest BCUT2D eigenvalue weighted by molar-refractivity contribution is 5.12. The zero-order chi connectivity index (χ0) is 12.0. The van der Waals surface area contributed by atoms with Crippen LogP contribution >= 0.6 is 0 Å². The number of aliphatic hydroxyl groups is 1. The molecule has 1 rings (SSSR count). The van der Waals surface area contributed by atoms with E-state index in [1.54, 1.807) is 0 Å². The minimum atomic E-state index is 0.178. The predicted octanol–water partition coefficient (Wildman–Crippen LogP) is 4.01. The molecule has 1 aliphatic rings. The average molecular weight is 220 g/mol. The lowest BCUT2D eigenvalue weighted by atomic mass is 9.84. The fraction of sp³-hybridized carbons (Fsp3) is 0.600. The zero-order valence-electron chi connectivity index (χ0n) is 10.6. The van der Waals surface area contributed by atoms with Crippen LogP contribution in [0.15, 0.2) is 35.5 Å². The molecule has 16 heavy (non-hydrogen) atoms. The SMILES string of the molecule is C=C(CCC=C(C)CO)[C@@H]1CC=C(C)CC1. The molecular formula is C15H24O. The molecule has 90 valence electrons. The van der Waals surface area contributed by atoms with E-state index in [-0.39, 0.29) is 6.61 Å². The highest BCUT2D eigenvalue weighted by atomic mass is 16.3. The van der Waals surface area contributed by atoms with Gasteiger partial charge in [-0.2, -0.15) is 0 Å². The maximum Gasteiger partial charge on any atom is 0.0639 e. The van der Waals surface area contributed by atoms with Gasteiger partial charge in [0, 0.05) is 0 Å². The monoisotopic (exact) mass is 220 g/mol. The summed E-state index contributed by atoms with van der Waals surface area (Å²) in [4.78, 5) is 0. The Hall–Kier alpha value is -0.820. The van der Waals surface area contributed by atoms with E-state index in [1.807, 2.05) is 6.92 Å². The molecule has 1 atom stereocenters. The smallest absolute Gasteiger partial charge is 0.0639 e. The van der Waals surface area contributed by atoms with Gasteiger partial charge in [0.25, 0.3) is 0 Å². The van der Waals surface area contributed by atoms with Crippen molar-refractivity contribution in [3.05, 3.63) is 35.5 Å². The van der Waals surface area contributed by atoms with Crippen molar-refractivity contribution in [2.24, 2.45) is 5.92 Å². The Kier molecular flexibility index (Phi) is 5.54. The van der Waals surface area contributed by atoms with Gasteiger partial charge in [-0.25, -0.2) is 0 Å². The fourth-order valence-electron chi connectivity index (χ4n) is 2.11. The third-order valence-corrected chi connectivity index (χ3v) is 3.42. The van der Waals surface area contributed by atoms with E-state index in [4.69, 9.17) is 5.11 Å². The molecule has 0 aromatic rings. The van der Waals surface area contributed by atoms with Crippen LogP contribution in [-0.4, -0.2) is 11.7 Å². The van der Waals surface area contributed by atoms with Crippen LogP contribution in [0.25, 0.3) is 0 Å². The molecule has 1 N–H and O–H groups in total. The number of allylic oxidation sites excluding steroid dienone is 4. The van der Waals surface area contributed by atoms with E-state index in [0.717, 1.165) is 18.4 Å². The second kappa shape index (κ2) is 6.70. The molecule has 0 aliphatic heterocycles. The lowest BCUT2D eigenvalue weighted by molar-refractivity contribution is 0.331. The Morgan fingerprint density at radius 2 is 2.38 bits per heavy atom. The van der Waals surface area contributed by atoms with Gasteiger partial charge in [-0.3, -0.25) is 0 Å². The van der Waals surface area contributed by atoms with Crippen molar-refractivity contribution in [2.75, 3.05) is 6.61 Å². The van der Waals surface area contributed by atoms with Crippen LogP contribution in [-0.2, 0) is 0 Å². The molecule has 1 heteroatoms. The third kappa shape index (κ3) is 4.36. The lowest BCUT2D eigenvalue weighted by Gasteiger charge is -2.22. The number of rotatable bonds is 5. The van der Waals surface area contributed by atoms with Crippen LogP contribution in [0.1, 0.15) is 46.0 Å². The summed E-state index contributed by atoms with van der Waals surface area (Å²) in [5, 5.41) is 8.88. The number of hydrogen-bond acceptors (Lipinski definition) is 1. The quantitative estimate of drug-likeness (QED) is 0.694. The van der Waals surface area contributed by atoms with Crippen LogP contribution in [0.3, 0.4) is 0 Å². The molecule has 0 bridgehead atoms. The molecule has 0 radical (unpaired) electrons. The van der Waals surface area contributed by atoms with Gasteiger partial charge >= 0.3 is 0 Å². The zero-order valence-corrected chi connectivity index (χ0v) is 10.6. The van der Waals surface area contributed by atoms with Gasteiger partial charge in [0.05, 0.1) is 6.61 Å². The van der Waals surface area contributed by atoms with Crippen molar-refractivity contribution in [1.29, 1.82) is 0 Å². The summed E-state index contributed by atoms with van der Waals surface area (Å²) in [5.41, 5.74) is 3.97. The van der Waals surface area contributed by atoms with E-state index in [1.165, 1.54) is 30.4 Å². The maximum absolute atomic E-state index is 8.88. The van der Waals surface area contributed by atoms with Crippen molar-refractivity contribution in [3.63, 3.8) is 0 Å². The molecule has 1 aliphatic carbocycles. The standard InChI is InChI=1S/C15H24O/c1-12-7-9-15(10-8-12)14(3)6-4-5-13(2)11-16/h5,7,15-16H,3-4,6,8-11H2,1-2H3/t15-/m1/s1. The largest absolute Gasteiger partial charge is 0.392 e. The normalized spacial score (nSPS) is 21.8. The minimum absolute atomic E-state index is 0.178. The average Bonchev–Trinajstić information content (AvgIpc) is 2.29. The molecule has 0 unspecified atom stereocenters. The van der Waals surface area contributed by atoms with E-state index in [0.29, 0.717) is 5.92 Å². The highest BCUT2D eigenvalue weighted by Gasteiger charge is 2.14. The first-order valence-electron chi connectivity index (χ1n) is 6.23. The van der Waals surface area contributed by atoms with Crippen molar-refractivity contribution < 1.29 is 5.11 Å². The molecule has 0 amide bonds. The maximum atomic E-state index is 8.88. The van der Waals surface area contributed by atoms with Gasteiger partial charge in [0.1, 0.15) is 0 Å². The number of aliphatic hydroxyl groups excluding tert-OH is 1. The Balaban J connectivity index is 2.31. The summed E-state index contributed by atoms with van der Waals surface area (Å²) < 4.78 is 0. The van der Waals surface area contributed by atoms with E-state index < -0.39 is 0 Å². The number of hydrogen-bond donors (Lipinski definition) is 1. The Bertz CT molecular complexity index is 297. The Labute approximate surface area is 99.6 Å². The molecule has 0 aromatic carbocycles. The van der Waals surface area contributed by atoms with Crippen LogP contribution < -0.4 is 0 Å². The second-order valence-corrected chi connectivity index (χ2v) is 4.93. The molecule has 0 fully saturated rings. The molecule has 0 heterocycles. The summed E-state index contributed by atoms with van der Waals surface area (Å²) >= 11 is 0. The van der Waals surface area contributed by atoms with Gasteiger partial charge < -0.3 is 5.11 Å². The molecule has 0 saturated heterocycles. The molecule has 1 nitrogen and oxygen atoms in total. The lowest BCUT2D eigenvalue weighted by Crippen LogP contribution is -2.07. The van der Waals surface area contributed by atoms with E-state index in [9.17, 15) is 0 Å². The topological polar surface area (TPSA) is 20.2 Å². The van der Waals surface area contributed by atoms with Crippen LogP contribution in [0.5, 0.6) is 0 Å².